The molecule has 0 fully saturated rings. The highest BCUT2D eigenvalue weighted by atomic mass is 15.1. The number of hydrogen-bond donors (Lipinski definition) is 0. The Kier molecular flexibility index (Phi) is 5.84. The second-order valence-electron chi connectivity index (χ2n) is 10.4. The maximum absolute atomic E-state index is 4.94. The molecule has 8 rings (SSSR count). The number of aromatic nitrogens is 5. The van der Waals surface area contributed by atoms with Gasteiger partial charge in [0.15, 0.2) is 17.5 Å². The lowest BCUT2D eigenvalue weighted by molar-refractivity contribution is 0.768. The van der Waals surface area contributed by atoms with Crippen LogP contribution in [0.15, 0.2) is 140 Å². The van der Waals surface area contributed by atoms with Gasteiger partial charge in [-0.15, -0.1) is 0 Å². The zero-order valence-corrected chi connectivity index (χ0v) is 23.0. The van der Waals surface area contributed by atoms with Crippen molar-refractivity contribution in [3.05, 3.63) is 174 Å². The van der Waals surface area contributed by atoms with Gasteiger partial charge in [0.1, 0.15) is 11.4 Å². The third-order valence-corrected chi connectivity index (χ3v) is 8.04. The Morgan fingerprint density at radius 3 is 1.86 bits per heavy atom. The van der Waals surface area contributed by atoms with Gasteiger partial charge in [-0.05, 0) is 69.8 Å². The summed E-state index contributed by atoms with van der Waals surface area (Å²) in [7, 11) is 0. The SMILES string of the molecule is c1ccc(-c2nc(-c3ccc4c(c3)C(c3ccccc3)(c3ccccc3)c3ccccc3-4)nc(-c3ccccn3)n2)nc#1. The highest BCUT2D eigenvalue weighted by Gasteiger charge is 2.46. The van der Waals surface area contributed by atoms with Crippen molar-refractivity contribution in [2.45, 2.75) is 5.41 Å². The van der Waals surface area contributed by atoms with Crippen LogP contribution in [0.5, 0.6) is 0 Å². The first kappa shape index (κ1) is 24.8. The molecule has 0 amide bonds. The number of pyridine rings is 1. The van der Waals surface area contributed by atoms with E-state index in [0.717, 1.165) is 5.56 Å². The van der Waals surface area contributed by atoms with Crippen LogP contribution in [-0.4, -0.2) is 24.9 Å². The van der Waals surface area contributed by atoms with Crippen LogP contribution in [0.2, 0.25) is 0 Å². The van der Waals surface area contributed by atoms with Crippen LogP contribution >= 0.6 is 0 Å². The van der Waals surface area contributed by atoms with E-state index in [1.54, 1.807) is 12.3 Å². The zero-order chi connectivity index (χ0) is 28.6. The first-order valence-corrected chi connectivity index (χ1v) is 14.1. The molecule has 4 aromatic carbocycles. The molecule has 0 unspecified atom stereocenters. The molecule has 0 saturated heterocycles. The van der Waals surface area contributed by atoms with Gasteiger partial charge in [0.25, 0.3) is 0 Å². The fourth-order valence-electron chi connectivity index (χ4n) is 6.22. The Morgan fingerprint density at radius 2 is 1.16 bits per heavy atom. The van der Waals surface area contributed by atoms with Gasteiger partial charge in [-0.2, -0.15) is 4.98 Å². The largest absolute Gasteiger partial charge is 0.253 e. The van der Waals surface area contributed by atoms with Gasteiger partial charge in [0, 0.05) is 18.0 Å². The average molecular weight is 550 g/mol. The van der Waals surface area contributed by atoms with Gasteiger partial charge >= 0.3 is 0 Å². The maximum Gasteiger partial charge on any atom is 0.183 e. The first-order valence-electron chi connectivity index (χ1n) is 14.1. The van der Waals surface area contributed by atoms with E-state index in [1.807, 2.05) is 24.3 Å². The van der Waals surface area contributed by atoms with Crippen molar-refractivity contribution in [3.8, 4) is 45.6 Å². The lowest BCUT2D eigenvalue weighted by atomic mass is 9.67. The van der Waals surface area contributed by atoms with Crippen molar-refractivity contribution in [1.82, 2.24) is 24.9 Å². The number of nitrogens with zero attached hydrogens (tertiary/aromatic N) is 5. The standard InChI is InChI=1S/C38H23N5/c1-3-13-27(14-4-1)38(28-15-5-2-6-16-28)31-18-8-7-17-29(31)30-22-21-26(25-32(30)38)35-41-36(33-19-9-11-23-39-33)43-37(42-35)34-20-10-12-24-40-34/h1-11,13-23,25H. The summed E-state index contributed by atoms with van der Waals surface area (Å²) < 4.78 is 0. The second kappa shape index (κ2) is 10.1. The molecule has 0 spiro atoms. The molecule has 0 radical (unpaired) electrons. The third kappa shape index (κ3) is 4.00. The van der Waals surface area contributed by atoms with Crippen molar-refractivity contribution in [2.75, 3.05) is 0 Å². The molecule has 0 aliphatic heterocycles. The summed E-state index contributed by atoms with van der Waals surface area (Å²) in [5.74, 6) is 1.49. The van der Waals surface area contributed by atoms with Crippen LogP contribution in [0.1, 0.15) is 22.3 Å². The van der Waals surface area contributed by atoms with E-state index >= 15 is 0 Å². The number of rotatable bonds is 5. The summed E-state index contributed by atoms with van der Waals surface area (Å²) in [6.45, 7) is 0. The zero-order valence-electron chi connectivity index (χ0n) is 23.0. The summed E-state index contributed by atoms with van der Waals surface area (Å²) in [5.41, 5.74) is 8.89. The molecule has 5 nitrogen and oxygen atoms in total. The van der Waals surface area contributed by atoms with Crippen molar-refractivity contribution >= 4 is 0 Å². The Balaban J connectivity index is 1.41. The van der Waals surface area contributed by atoms with Crippen LogP contribution in [0.25, 0.3) is 45.6 Å². The third-order valence-electron chi connectivity index (χ3n) is 8.04. The Labute approximate surface area is 249 Å². The normalized spacial score (nSPS) is 12.7. The fourth-order valence-corrected chi connectivity index (χ4v) is 6.22. The lowest BCUT2D eigenvalue weighted by Crippen LogP contribution is -2.28. The predicted octanol–water partition coefficient (Wildman–Crippen LogP) is 7.63. The minimum absolute atomic E-state index is 0.456. The molecule has 3 aromatic heterocycles. The van der Waals surface area contributed by atoms with E-state index in [9.17, 15) is 0 Å². The summed E-state index contributed by atoms with van der Waals surface area (Å²) in [6, 6.07) is 48.9. The van der Waals surface area contributed by atoms with E-state index in [4.69, 9.17) is 15.0 Å². The molecule has 0 bridgehead atoms. The van der Waals surface area contributed by atoms with Gasteiger partial charge < -0.3 is 0 Å². The molecule has 7 aromatic rings. The summed E-state index contributed by atoms with van der Waals surface area (Å²) in [5, 5.41) is 0. The van der Waals surface area contributed by atoms with Crippen molar-refractivity contribution in [1.29, 1.82) is 0 Å². The Morgan fingerprint density at radius 1 is 0.512 bits per heavy atom. The summed E-state index contributed by atoms with van der Waals surface area (Å²) >= 11 is 0. The van der Waals surface area contributed by atoms with Gasteiger partial charge in [-0.25, -0.2) is 15.0 Å². The molecule has 0 atom stereocenters. The molecule has 1 aliphatic rings. The molecular formula is C38H23N5. The van der Waals surface area contributed by atoms with Gasteiger partial charge in [0.2, 0.25) is 0 Å². The number of hydrogen-bond acceptors (Lipinski definition) is 5. The van der Waals surface area contributed by atoms with Crippen LogP contribution in [0, 0.1) is 12.3 Å². The minimum Gasteiger partial charge on any atom is -0.253 e. The monoisotopic (exact) mass is 549 g/mol. The molecule has 5 heteroatoms. The average Bonchev–Trinajstić information content (AvgIpc) is 3.40. The fraction of sp³-hybridized carbons (Fsp3) is 0.0263. The van der Waals surface area contributed by atoms with Gasteiger partial charge in [-0.1, -0.05) is 103 Å². The maximum atomic E-state index is 4.94. The molecule has 0 saturated carbocycles. The quantitative estimate of drug-likeness (QED) is 0.221. The van der Waals surface area contributed by atoms with Gasteiger partial charge in [-0.3, -0.25) is 4.98 Å². The minimum atomic E-state index is -0.518. The lowest BCUT2D eigenvalue weighted by Gasteiger charge is -2.34. The van der Waals surface area contributed by atoms with Crippen molar-refractivity contribution < 1.29 is 0 Å². The van der Waals surface area contributed by atoms with Crippen molar-refractivity contribution in [2.24, 2.45) is 0 Å². The molecule has 43 heavy (non-hydrogen) atoms. The molecular weight excluding hydrogens is 526 g/mol. The predicted molar refractivity (Wildman–Crippen MR) is 167 cm³/mol. The molecule has 0 N–H and O–H groups in total. The van der Waals surface area contributed by atoms with Crippen LogP contribution in [0.3, 0.4) is 0 Å². The van der Waals surface area contributed by atoms with Gasteiger partial charge in [0.05, 0.1) is 5.41 Å². The molecule has 1 aliphatic carbocycles. The number of benzene rings is 4. The summed E-state index contributed by atoms with van der Waals surface area (Å²) in [6.07, 6.45) is 4.52. The van der Waals surface area contributed by atoms with E-state index < -0.39 is 5.41 Å². The topological polar surface area (TPSA) is 64.5 Å². The second-order valence-corrected chi connectivity index (χ2v) is 10.4. The van der Waals surface area contributed by atoms with E-state index in [-0.39, 0.29) is 0 Å². The highest BCUT2D eigenvalue weighted by Crippen LogP contribution is 2.56. The summed E-state index contributed by atoms with van der Waals surface area (Å²) in [4.78, 5) is 23.5. The Hall–Kier alpha value is -5.99. The van der Waals surface area contributed by atoms with Crippen LogP contribution < -0.4 is 0 Å². The van der Waals surface area contributed by atoms with E-state index in [1.165, 1.54) is 33.4 Å². The van der Waals surface area contributed by atoms with Crippen LogP contribution in [0.4, 0.5) is 0 Å². The smallest absolute Gasteiger partial charge is 0.183 e. The first-order chi connectivity index (χ1) is 21.3. The van der Waals surface area contributed by atoms with E-state index in [2.05, 4.69) is 125 Å². The Bertz CT molecular complexity index is 1960. The van der Waals surface area contributed by atoms with Crippen molar-refractivity contribution in [3.63, 3.8) is 0 Å². The molecule has 200 valence electrons. The van der Waals surface area contributed by atoms with Crippen LogP contribution in [-0.2, 0) is 5.41 Å². The highest BCUT2D eigenvalue weighted by molar-refractivity contribution is 5.88. The molecule has 3 heterocycles. The van der Waals surface area contributed by atoms with E-state index in [0.29, 0.717) is 28.9 Å². The number of fused-ring (bicyclic) bond motifs is 3.